The van der Waals surface area contributed by atoms with E-state index in [0.29, 0.717) is 0 Å². The van der Waals surface area contributed by atoms with Crippen molar-refractivity contribution in [2.75, 3.05) is 32.8 Å². The molecule has 1 saturated heterocycles. The summed E-state index contributed by atoms with van der Waals surface area (Å²) in [6, 6.07) is 14.0. The Morgan fingerprint density at radius 2 is 2.15 bits per heavy atom. The maximum Gasteiger partial charge on any atom is 0.119 e. The van der Waals surface area contributed by atoms with Crippen LogP contribution in [-0.4, -0.2) is 32.8 Å². The zero-order chi connectivity index (χ0) is 18.9. The standard InChI is InChI=1S/C22H26BrClN2O/c23-22-14-20(24)8-7-19(22)6-5-17-3-1-4-21(13-17)27-12-2-10-25-15-18-9-11-26-16-18/h1,3-8,13-14,18,25-26H,2,9-12,15-16H2/b6-5+. The van der Waals surface area contributed by atoms with Crippen LogP contribution in [0, 0.1) is 5.92 Å². The molecule has 0 aromatic heterocycles. The van der Waals surface area contributed by atoms with Crippen LogP contribution in [0.15, 0.2) is 46.9 Å². The maximum atomic E-state index is 5.99. The number of halogens is 2. The fourth-order valence-corrected chi connectivity index (χ4v) is 3.93. The third kappa shape index (κ3) is 6.96. The molecular formula is C22H26BrClN2O. The van der Waals surface area contributed by atoms with Crippen LogP contribution in [0.4, 0.5) is 0 Å². The van der Waals surface area contributed by atoms with E-state index in [-0.39, 0.29) is 0 Å². The molecule has 3 nitrogen and oxygen atoms in total. The van der Waals surface area contributed by atoms with Crippen molar-refractivity contribution < 1.29 is 4.74 Å². The van der Waals surface area contributed by atoms with Crippen LogP contribution in [0.3, 0.4) is 0 Å². The summed E-state index contributed by atoms with van der Waals surface area (Å²) in [6.45, 7) is 5.14. The summed E-state index contributed by atoms with van der Waals surface area (Å²) in [6.07, 6.45) is 6.45. The van der Waals surface area contributed by atoms with Gasteiger partial charge in [0.1, 0.15) is 5.75 Å². The van der Waals surface area contributed by atoms with Gasteiger partial charge in [-0.15, -0.1) is 0 Å². The lowest BCUT2D eigenvalue weighted by Crippen LogP contribution is -2.26. The highest BCUT2D eigenvalue weighted by molar-refractivity contribution is 9.10. The molecule has 27 heavy (non-hydrogen) atoms. The van der Waals surface area contributed by atoms with Crippen LogP contribution in [0.5, 0.6) is 5.75 Å². The molecule has 2 N–H and O–H groups in total. The number of nitrogens with one attached hydrogen (secondary N) is 2. The van der Waals surface area contributed by atoms with Gasteiger partial charge in [0.2, 0.25) is 0 Å². The molecule has 0 spiro atoms. The molecule has 1 aliphatic rings. The number of rotatable bonds is 9. The van der Waals surface area contributed by atoms with Crippen molar-refractivity contribution >= 4 is 39.7 Å². The topological polar surface area (TPSA) is 33.3 Å². The van der Waals surface area contributed by atoms with Gasteiger partial charge in [0.05, 0.1) is 6.61 Å². The second-order valence-electron chi connectivity index (χ2n) is 6.84. The summed E-state index contributed by atoms with van der Waals surface area (Å²) in [5.74, 6) is 1.70. The first-order valence-corrected chi connectivity index (χ1v) is 10.7. The van der Waals surface area contributed by atoms with Crippen LogP contribution in [-0.2, 0) is 0 Å². The second kappa shape index (κ2) is 10.9. The predicted octanol–water partition coefficient (Wildman–Crippen LogP) is 5.24. The molecule has 0 radical (unpaired) electrons. The van der Waals surface area contributed by atoms with E-state index in [4.69, 9.17) is 16.3 Å². The Morgan fingerprint density at radius 3 is 2.96 bits per heavy atom. The van der Waals surface area contributed by atoms with Gasteiger partial charge in [0.15, 0.2) is 0 Å². The minimum Gasteiger partial charge on any atom is -0.494 e. The minimum absolute atomic E-state index is 0.726. The first-order valence-electron chi connectivity index (χ1n) is 9.48. The molecule has 0 amide bonds. The highest BCUT2D eigenvalue weighted by Crippen LogP contribution is 2.24. The number of ether oxygens (including phenoxy) is 1. The smallest absolute Gasteiger partial charge is 0.119 e. The van der Waals surface area contributed by atoms with Gasteiger partial charge in [0, 0.05) is 9.50 Å². The van der Waals surface area contributed by atoms with E-state index in [2.05, 4.69) is 50.8 Å². The molecular weight excluding hydrogens is 424 g/mol. The van der Waals surface area contributed by atoms with Crippen molar-refractivity contribution in [1.82, 2.24) is 10.6 Å². The highest BCUT2D eigenvalue weighted by atomic mass is 79.9. The predicted molar refractivity (Wildman–Crippen MR) is 118 cm³/mol. The van der Waals surface area contributed by atoms with Crippen LogP contribution >= 0.6 is 27.5 Å². The first-order chi connectivity index (χ1) is 13.2. The average molecular weight is 450 g/mol. The van der Waals surface area contributed by atoms with Gasteiger partial charge in [-0.05, 0) is 80.3 Å². The maximum absolute atomic E-state index is 5.99. The summed E-state index contributed by atoms with van der Waals surface area (Å²) in [5, 5.41) is 7.65. The van der Waals surface area contributed by atoms with Gasteiger partial charge in [-0.25, -0.2) is 0 Å². The Labute approximate surface area is 175 Å². The Hall–Kier alpha value is -1.33. The van der Waals surface area contributed by atoms with E-state index in [9.17, 15) is 0 Å². The van der Waals surface area contributed by atoms with Crippen molar-refractivity contribution in [3.05, 3.63) is 63.1 Å². The Bertz CT molecular complexity index is 760. The van der Waals surface area contributed by atoms with Gasteiger partial charge in [-0.3, -0.25) is 0 Å². The fourth-order valence-electron chi connectivity index (χ4n) is 3.11. The lowest BCUT2D eigenvalue weighted by molar-refractivity contribution is 0.306. The van der Waals surface area contributed by atoms with Crippen molar-refractivity contribution in [3.8, 4) is 5.75 Å². The number of benzene rings is 2. The van der Waals surface area contributed by atoms with Crippen LogP contribution < -0.4 is 15.4 Å². The van der Waals surface area contributed by atoms with E-state index in [0.717, 1.165) is 71.5 Å². The molecule has 1 unspecified atom stereocenters. The highest BCUT2D eigenvalue weighted by Gasteiger charge is 2.12. The average Bonchev–Trinajstić information content (AvgIpc) is 3.18. The first kappa shape index (κ1) is 20.4. The molecule has 1 aliphatic heterocycles. The second-order valence-corrected chi connectivity index (χ2v) is 8.13. The zero-order valence-corrected chi connectivity index (χ0v) is 17.7. The van der Waals surface area contributed by atoms with Gasteiger partial charge in [0.25, 0.3) is 0 Å². The number of hydrogen-bond acceptors (Lipinski definition) is 3. The summed E-state index contributed by atoms with van der Waals surface area (Å²) < 4.78 is 6.88. The largest absolute Gasteiger partial charge is 0.494 e. The van der Waals surface area contributed by atoms with Gasteiger partial charge in [-0.1, -0.05) is 57.9 Å². The normalized spacial score (nSPS) is 16.9. The van der Waals surface area contributed by atoms with E-state index >= 15 is 0 Å². The van der Waals surface area contributed by atoms with E-state index in [1.54, 1.807) is 0 Å². The fraction of sp³-hybridized carbons (Fsp3) is 0.364. The van der Waals surface area contributed by atoms with Crippen LogP contribution in [0.2, 0.25) is 5.02 Å². The molecule has 2 aromatic rings. The van der Waals surface area contributed by atoms with Crippen LogP contribution in [0.25, 0.3) is 12.2 Å². The van der Waals surface area contributed by atoms with Crippen molar-refractivity contribution in [2.45, 2.75) is 12.8 Å². The van der Waals surface area contributed by atoms with Crippen LogP contribution in [0.1, 0.15) is 24.0 Å². The quantitative estimate of drug-likeness (QED) is 0.406. The summed E-state index contributed by atoms with van der Waals surface area (Å²) in [4.78, 5) is 0. The molecule has 0 aliphatic carbocycles. The Balaban J connectivity index is 1.42. The lowest BCUT2D eigenvalue weighted by Gasteiger charge is -2.10. The Kier molecular flexibility index (Phi) is 8.21. The zero-order valence-electron chi connectivity index (χ0n) is 15.4. The Morgan fingerprint density at radius 1 is 1.22 bits per heavy atom. The van der Waals surface area contributed by atoms with Gasteiger partial charge in [-0.2, -0.15) is 0 Å². The molecule has 1 fully saturated rings. The third-order valence-corrected chi connectivity index (χ3v) is 5.56. The molecule has 0 bridgehead atoms. The SMILES string of the molecule is Clc1ccc(/C=C/c2cccc(OCCCNCC3CCNC3)c2)c(Br)c1. The monoisotopic (exact) mass is 448 g/mol. The van der Waals surface area contributed by atoms with Gasteiger partial charge < -0.3 is 15.4 Å². The van der Waals surface area contributed by atoms with Crippen molar-refractivity contribution in [1.29, 1.82) is 0 Å². The molecule has 1 heterocycles. The summed E-state index contributed by atoms with van der Waals surface area (Å²) in [5.41, 5.74) is 2.20. The van der Waals surface area contributed by atoms with Crippen molar-refractivity contribution in [3.63, 3.8) is 0 Å². The summed E-state index contributed by atoms with van der Waals surface area (Å²) >= 11 is 9.53. The minimum atomic E-state index is 0.726. The van der Waals surface area contributed by atoms with E-state index in [1.807, 2.05) is 30.3 Å². The molecule has 1 atom stereocenters. The van der Waals surface area contributed by atoms with Crippen molar-refractivity contribution in [2.24, 2.45) is 5.92 Å². The molecule has 5 heteroatoms. The van der Waals surface area contributed by atoms with E-state index < -0.39 is 0 Å². The third-order valence-electron chi connectivity index (χ3n) is 4.64. The van der Waals surface area contributed by atoms with E-state index in [1.165, 1.54) is 6.42 Å². The molecule has 0 saturated carbocycles. The lowest BCUT2D eigenvalue weighted by atomic mass is 10.1. The summed E-state index contributed by atoms with van der Waals surface area (Å²) in [7, 11) is 0. The molecule has 144 valence electrons. The number of hydrogen-bond donors (Lipinski definition) is 2. The molecule has 2 aromatic carbocycles. The molecule has 3 rings (SSSR count). The van der Waals surface area contributed by atoms with Gasteiger partial charge >= 0.3 is 0 Å².